The minimum absolute atomic E-state index is 0.0516. The van der Waals surface area contributed by atoms with Gasteiger partial charge in [-0.15, -0.1) is 0 Å². The van der Waals surface area contributed by atoms with Gasteiger partial charge in [-0.1, -0.05) is 78.4 Å². The topological polar surface area (TPSA) is 83.8 Å². The smallest absolute Gasteiger partial charge is 0.273 e. The van der Waals surface area contributed by atoms with E-state index in [2.05, 4.69) is 47.1 Å². The summed E-state index contributed by atoms with van der Waals surface area (Å²) in [5, 5.41) is 4.26. The Morgan fingerprint density at radius 1 is 0.837 bits per heavy atom. The molecule has 7 nitrogen and oxygen atoms in total. The Morgan fingerprint density at radius 3 is 2.19 bits per heavy atom. The normalized spacial score (nSPS) is 11.5. The number of nitrogens with one attached hydrogen (secondary N) is 1. The largest absolute Gasteiger partial charge is 0.318 e. The first-order valence-corrected chi connectivity index (χ1v) is 15.4. The minimum Gasteiger partial charge on any atom is -0.318 e. The van der Waals surface area contributed by atoms with Gasteiger partial charge in [0.1, 0.15) is 0 Å². The molecule has 0 bridgehead atoms. The number of amides is 1. The van der Waals surface area contributed by atoms with Gasteiger partial charge in [-0.3, -0.25) is 9.10 Å². The van der Waals surface area contributed by atoms with Crippen LogP contribution in [0.15, 0.2) is 119 Å². The molecule has 8 heteroatoms. The standard InChI is InChI=1S/C35H34N4O3S/c1-25-19-20-33(26(2)21-25)39-27(3)22-30(28(39)4)23-36-37-35(40)32-17-11-12-18-34(32)38(24-29-13-7-5-8-14-29)43(41,42)31-15-9-6-10-16-31/h5-23H,24H2,1-4H3,(H,37,40)/b36-23+. The zero-order valence-corrected chi connectivity index (χ0v) is 25.5. The van der Waals surface area contributed by atoms with Gasteiger partial charge in [0, 0.05) is 22.6 Å². The summed E-state index contributed by atoms with van der Waals surface area (Å²) < 4.78 is 31.3. The maximum absolute atomic E-state index is 13.9. The van der Waals surface area contributed by atoms with Crippen molar-refractivity contribution in [3.8, 4) is 5.69 Å². The Balaban J connectivity index is 1.45. The molecule has 218 valence electrons. The van der Waals surface area contributed by atoms with Crippen molar-refractivity contribution in [2.24, 2.45) is 5.10 Å². The lowest BCUT2D eigenvalue weighted by atomic mass is 10.1. The molecule has 0 unspecified atom stereocenters. The first-order chi connectivity index (χ1) is 20.7. The SMILES string of the molecule is Cc1ccc(-n2c(C)cc(/C=N/NC(=O)c3ccccc3N(Cc3ccccc3)S(=O)(=O)c3ccccc3)c2C)c(C)c1. The average Bonchev–Trinajstić information content (AvgIpc) is 3.29. The van der Waals surface area contributed by atoms with E-state index in [9.17, 15) is 13.2 Å². The fourth-order valence-electron chi connectivity index (χ4n) is 5.22. The predicted octanol–water partition coefficient (Wildman–Crippen LogP) is 6.87. The number of carbonyl (C=O) groups excluding carboxylic acids is 1. The number of hydrogen-bond donors (Lipinski definition) is 1. The Kier molecular flexibility index (Phi) is 8.59. The van der Waals surface area contributed by atoms with Crippen LogP contribution < -0.4 is 9.73 Å². The van der Waals surface area contributed by atoms with Gasteiger partial charge in [0.25, 0.3) is 15.9 Å². The average molecular weight is 591 g/mol. The van der Waals surface area contributed by atoms with E-state index in [0.29, 0.717) is 0 Å². The monoisotopic (exact) mass is 590 g/mol. The molecule has 0 saturated heterocycles. The molecule has 0 fully saturated rings. The van der Waals surface area contributed by atoms with Crippen molar-refractivity contribution in [2.45, 2.75) is 39.1 Å². The van der Waals surface area contributed by atoms with Crippen molar-refractivity contribution in [2.75, 3.05) is 4.31 Å². The molecule has 0 radical (unpaired) electrons. The quantitative estimate of drug-likeness (QED) is 0.150. The molecular weight excluding hydrogens is 556 g/mol. The number of aryl methyl sites for hydroxylation is 3. The third kappa shape index (κ3) is 6.29. The lowest BCUT2D eigenvalue weighted by molar-refractivity contribution is 0.0955. The molecule has 1 amide bonds. The summed E-state index contributed by atoms with van der Waals surface area (Å²) in [4.78, 5) is 13.6. The van der Waals surface area contributed by atoms with Crippen LogP contribution in [0.5, 0.6) is 0 Å². The second-order valence-electron chi connectivity index (χ2n) is 10.5. The number of aromatic nitrogens is 1. The van der Waals surface area contributed by atoms with E-state index in [1.54, 1.807) is 60.8 Å². The second kappa shape index (κ2) is 12.5. The van der Waals surface area contributed by atoms with Gasteiger partial charge in [0.15, 0.2) is 0 Å². The molecule has 0 aliphatic rings. The number of anilines is 1. The summed E-state index contributed by atoms with van der Waals surface area (Å²) in [5.74, 6) is -0.517. The maximum Gasteiger partial charge on any atom is 0.273 e. The van der Waals surface area contributed by atoms with E-state index in [-0.39, 0.29) is 22.7 Å². The van der Waals surface area contributed by atoms with Gasteiger partial charge in [-0.05, 0) is 75.2 Å². The lowest BCUT2D eigenvalue weighted by Gasteiger charge is -2.26. The van der Waals surface area contributed by atoms with Crippen LogP contribution in [0.2, 0.25) is 0 Å². The fraction of sp³-hybridized carbons (Fsp3) is 0.143. The minimum atomic E-state index is -4.00. The third-order valence-corrected chi connectivity index (χ3v) is 9.12. The van der Waals surface area contributed by atoms with Crippen LogP contribution >= 0.6 is 0 Å². The van der Waals surface area contributed by atoms with Crippen molar-refractivity contribution in [1.82, 2.24) is 9.99 Å². The number of carbonyl (C=O) groups is 1. The van der Waals surface area contributed by atoms with Crippen molar-refractivity contribution in [3.05, 3.63) is 148 Å². The summed E-state index contributed by atoms with van der Waals surface area (Å²) in [5.41, 5.74) is 10.2. The van der Waals surface area contributed by atoms with Crippen LogP contribution in [-0.2, 0) is 16.6 Å². The molecule has 0 aliphatic heterocycles. The Hall–Kier alpha value is -4.95. The van der Waals surface area contributed by atoms with E-state index in [1.165, 1.54) is 15.4 Å². The van der Waals surface area contributed by atoms with Crippen LogP contribution in [0.1, 0.15) is 44.0 Å². The predicted molar refractivity (Wildman–Crippen MR) is 172 cm³/mol. The van der Waals surface area contributed by atoms with Gasteiger partial charge in [-0.2, -0.15) is 5.10 Å². The first kappa shape index (κ1) is 29.5. The van der Waals surface area contributed by atoms with Gasteiger partial charge in [-0.25, -0.2) is 13.8 Å². The van der Waals surface area contributed by atoms with E-state index in [0.717, 1.165) is 28.2 Å². The number of sulfonamides is 1. The van der Waals surface area contributed by atoms with E-state index in [4.69, 9.17) is 0 Å². The highest BCUT2D eigenvalue weighted by molar-refractivity contribution is 7.92. The summed E-state index contributed by atoms with van der Waals surface area (Å²) in [6.45, 7) is 8.26. The maximum atomic E-state index is 13.9. The Bertz CT molecular complexity index is 1900. The molecule has 4 aromatic carbocycles. The number of nitrogens with zero attached hydrogens (tertiary/aromatic N) is 3. The molecule has 5 aromatic rings. The number of benzene rings is 4. The van der Waals surface area contributed by atoms with E-state index < -0.39 is 15.9 Å². The number of hydrogen-bond acceptors (Lipinski definition) is 4. The third-order valence-electron chi connectivity index (χ3n) is 7.35. The van der Waals surface area contributed by atoms with Crippen LogP contribution in [0.3, 0.4) is 0 Å². The highest BCUT2D eigenvalue weighted by Crippen LogP contribution is 2.29. The van der Waals surface area contributed by atoms with Gasteiger partial charge >= 0.3 is 0 Å². The number of rotatable bonds is 9. The second-order valence-corrected chi connectivity index (χ2v) is 12.3. The van der Waals surface area contributed by atoms with Gasteiger partial charge < -0.3 is 4.57 Å². The van der Waals surface area contributed by atoms with E-state index >= 15 is 0 Å². The molecular formula is C35H34N4O3S. The summed E-state index contributed by atoms with van der Waals surface area (Å²) in [7, 11) is -4.00. The Labute approximate surface area is 253 Å². The molecule has 1 N–H and O–H groups in total. The van der Waals surface area contributed by atoms with Crippen molar-refractivity contribution in [1.29, 1.82) is 0 Å². The van der Waals surface area contributed by atoms with Crippen LogP contribution in [-0.4, -0.2) is 25.1 Å². The number of hydrazone groups is 1. The zero-order valence-electron chi connectivity index (χ0n) is 24.7. The summed E-state index contributed by atoms with van der Waals surface area (Å²) in [6, 6.07) is 32.5. The van der Waals surface area contributed by atoms with Crippen molar-refractivity contribution < 1.29 is 13.2 Å². The molecule has 1 aromatic heterocycles. The van der Waals surface area contributed by atoms with Crippen molar-refractivity contribution >= 4 is 27.8 Å². The molecule has 43 heavy (non-hydrogen) atoms. The molecule has 5 rings (SSSR count). The Morgan fingerprint density at radius 2 is 1.49 bits per heavy atom. The van der Waals surface area contributed by atoms with Crippen LogP contribution in [0.25, 0.3) is 5.69 Å². The lowest BCUT2D eigenvalue weighted by Crippen LogP contribution is -2.33. The molecule has 1 heterocycles. The highest BCUT2D eigenvalue weighted by atomic mass is 32.2. The van der Waals surface area contributed by atoms with Gasteiger partial charge in [0.2, 0.25) is 0 Å². The van der Waals surface area contributed by atoms with Crippen molar-refractivity contribution in [3.63, 3.8) is 0 Å². The molecule has 0 aliphatic carbocycles. The molecule has 0 saturated carbocycles. The van der Waals surface area contributed by atoms with Crippen LogP contribution in [0.4, 0.5) is 5.69 Å². The zero-order chi connectivity index (χ0) is 30.6. The summed E-state index contributed by atoms with van der Waals surface area (Å²) in [6.07, 6.45) is 1.62. The molecule has 0 atom stereocenters. The summed E-state index contributed by atoms with van der Waals surface area (Å²) >= 11 is 0. The number of para-hydroxylation sites is 1. The fourth-order valence-corrected chi connectivity index (χ4v) is 6.71. The highest BCUT2D eigenvalue weighted by Gasteiger charge is 2.28. The van der Waals surface area contributed by atoms with Gasteiger partial charge in [0.05, 0.1) is 28.9 Å². The first-order valence-electron chi connectivity index (χ1n) is 14.0. The molecule has 0 spiro atoms. The van der Waals surface area contributed by atoms with E-state index in [1.807, 2.05) is 50.2 Å². The van der Waals surface area contributed by atoms with Crippen LogP contribution in [0, 0.1) is 27.7 Å².